The first kappa shape index (κ1) is 16.4. The molecule has 118 valence electrons. The molecule has 1 aromatic rings. The van der Waals surface area contributed by atoms with Gasteiger partial charge in [-0.15, -0.1) is 0 Å². The summed E-state index contributed by atoms with van der Waals surface area (Å²) in [6.07, 6.45) is 1.57. The number of rotatable bonds is 4. The molecule has 0 radical (unpaired) electrons. The van der Waals surface area contributed by atoms with E-state index in [4.69, 9.17) is 4.74 Å². The highest BCUT2D eigenvalue weighted by molar-refractivity contribution is 7.89. The summed E-state index contributed by atoms with van der Waals surface area (Å²) in [5, 5.41) is 9.30. The first-order chi connectivity index (χ1) is 9.90. The molecule has 1 saturated heterocycles. The normalized spacial score (nSPS) is 18.1. The van der Waals surface area contributed by atoms with Crippen LogP contribution in [0.25, 0.3) is 0 Å². The van der Waals surface area contributed by atoms with Crippen LogP contribution < -0.4 is 0 Å². The van der Waals surface area contributed by atoms with Crippen molar-refractivity contribution in [3.05, 3.63) is 28.8 Å². The first-order valence-corrected chi connectivity index (χ1v) is 8.58. The van der Waals surface area contributed by atoms with Crippen LogP contribution in [0.2, 0.25) is 0 Å². The number of aliphatic hydroxyl groups is 1. The predicted molar refractivity (Wildman–Crippen MR) is 80.6 cm³/mol. The summed E-state index contributed by atoms with van der Waals surface area (Å²) in [4.78, 5) is 0.308. The van der Waals surface area contributed by atoms with Crippen molar-refractivity contribution in [1.29, 1.82) is 0 Å². The molecule has 0 aromatic heterocycles. The number of aryl methyl sites for hydroxylation is 1. The Hall–Kier alpha value is -0.950. The fourth-order valence-corrected chi connectivity index (χ4v) is 4.52. The van der Waals surface area contributed by atoms with Crippen molar-refractivity contribution in [2.75, 3.05) is 20.2 Å². The molecule has 21 heavy (non-hydrogen) atoms. The van der Waals surface area contributed by atoms with Gasteiger partial charge in [0.05, 0.1) is 17.6 Å². The number of piperidine rings is 1. The highest BCUT2D eigenvalue weighted by atomic mass is 32.2. The Balaban J connectivity index is 2.34. The first-order valence-electron chi connectivity index (χ1n) is 7.14. The molecule has 0 bridgehead atoms. The molecule has 1 aromatic carbocycles. The molecule has 1 aliphatic heterocycles. The van der Waals surface area contributed by atoms with E-state index in [9.17, 15) is 13.5 Å². The second-order valence-electron chi connectivity index (χ2n) is 5.53. The molecule has 0 spiro atoms. The topological polar surface area (TPSA) is 66.8 Å². The summed E-state index contributed by atoms with van der Waals surface area (Å²) >= 11 is 0. The Morgan fingerprint density at radius 1 is 1.29 bits per heavy atom. The Morgan fingerprint density at radius 3 is 2.43 bits per heavy atom. The fourth-order valence-electron chi connectivity index (χ4n) is 2.71. The average Bonchev–Trinajstić information content (AvgIpc) is 2.49. The number of aliphatic hydroxyl groups excluding tert-OH is 1. The summed E-state index contributed by atoms with van der Waals surface area (Å²) in [7, 11) is -1.85. The Morgan fingerprint density at radius 2 is 1.90 bits per heavy atom. The third-order valence-corrected chi connectivity index (χ3v) is 6.24. The van der Waals surface area contributed by atoms with Crippen LogP contribution in [0.15, 0.2) is 17.0 Å². The third-order valence-electron chi connectivity index (χ3n) is 4.21. The van der Waals surface area contributed by atoms with Gasteiger partial charge in [-0.2, -0.15) is 4.31 Å². The molecule has 0 atom stereocenters. The van der Waals surface area contributed by atoms with Gasteiger partial charge in [0.15, 0.2) is 0 Å². The summed E-state index contributed by atoms with van der Waals surface area (Å²) in [6.45, 7) is 4.47. The van der Waals surface area contributed by atoms with Gasteiger partial charge in [-0.25, -0.2) is 8.42 Å². The SMILES string of the molecule is COC1CCN(S(=O)(=O)c2cc(CO)cc(C)c2C)CC1. The number of sulfonamides is 1. The Bertz CT molecular complexity index is 604. The lowest BCUT2D eigenvalue weighted by Crippen LogP contribution is -2.40. The zero-order valence-electron chi connectivity index (χ0n) is 12.8. The van der Waals surface area contributed by atoms with E-state index in [1.165, 1.54) is 4.31 Å². The molecule has 0 saturated carbocycles. The van der Waals surface area contributed by atoms with E-state index in [2.05, 4.69) is 0 Å². The quantitative estimate of drug-likeness (QED) is 0.917. The van der Waals surface area contributed by atoms with Crippen LogP contribution in [0.5, 0.6) is 0 Å². The van der Waals surface area contributed by atoms with Crippen molar-refractivity contribution in [1.82, 2.24) is 4.31 Å². The van der Waals surface area contributed by atoms with Gasteiger partial charge >= 0.3 is 0 Å². The number of nitrogens with zero attached hydrogens (tertiary/aromatic N) is 1. The summed E-state index contributed by atoms with van der Waals surface area (Å²) in [6, 6.07) is 3.41. The summed E-state index contributed by atoms with van der Waals surface area (Å²) in [5.74, 6) is 0. The Kier molecular flexibility index (Phi) is 5.03. The average molecular weight is 313 g/mol. The number of ether oxygens (including phenoxy) is 1. The molecule has 1 N–H and O–H groups in total. The van der Waals surface area contributed by atoms with E-state index in [1.54, 1.807) is 13.2 Å². The third kappa shape index (κ3) is 3.29. The lowest BCUT2D eigenvalue weighted by molar-refractivity contribution is 0.0604. The van der Waals surface area contributed by atoms with Crippen molar-refractivity contribution >= 4 is 10.0 Å². The second-order valence-corrected chi connectivity index (χ2v) is 7.44. The van der Waals surface area contributed by atoms with Gasteiger partial charge in [0.2, 0.25) is 10.0 Å². The van der Waals surface area contributed by atoms with Crippen LogP contribution in [-0.4, -0.2) is 44.1 Å². The number of benzene rings is 1. The van der Waals surface area contributed by atoms with Gasteiger partial charge in [-0.05, 0) is 49.4 Å². The maximum absolute atomic E-state index is 12.8. The van der Waals surface area contributed by atoms with Crippen LogP contribution in [0.1, 0.15) is 29.5 Å². The molecular formula is C15H23NO4S. The van der Waals surface area contributed by atoms with E-state index in [-0.39, 0.29) is 12.7 Å². The predicted octanol–water partition coefficient (Wildman–Crippen LogP) is 1.60. The van der Waals surface area contributed by atoms with Crippen LogP contribution in [-0.2, 0) is 21.4 Å². The van der Waals surface area contributed by atoms with Crippen molar-refractivity contribution in [2.45, 2.75) is 44.3 Å². The number of methoxy groups -OCH3 is 1. The molecule has 0 amide bonds. The molecule has 1 fully saturated rings. The minimum absolute atomic E-state index is 0.142. The van der Waals surface area contributed by atoms with Crippen molar-refractivity contribution in [3.63, 3.8) is 0 Å². The zero-order valence-corrected chi connectivity index (χ0v) is 13.6. The minimum atomic E-state index is -3.51. The van der Waals surface area contributed by atoms with E-state index >= 15 is 0 Å². The van der Waals surface area contributed by atoms with Crippen molar-refractivity contribution in [2.24, 2.45) is 0 Å². The van der Waals surface area contributed by atoms with Gasteiger partial charge in [0, 0.05) is 20.2 Å². The van der Waals surface area contributed by atoms with Crippen molar-refractivity contribution in [3.8, 4) is 0 Å². The van der Waals surface area contributed by atoms with Crippen LogP contribution in [0.3, 0.4) is 0 Å². The maximum atomic E-state index is 12.8. The molecular weight excluding hydrogens is 290 g/mol. The number of hydrogen-bond donors (Lipinski definition) is 1. The molecule has 2 rings (SSSR count). The van der Waals surface area contributed by atoms with Crippen LogP contribution in [0, 0.1) is 13.8 Å². The minimum Gasteiger partial charge on any atom is -0.392 e. The molecule has 0 unspecified atom stereocenters. The summed E-state index contributed by atoms with van der Waals surface area (Å²) in [5.41, 5.74) is 2.26. The van der Waals surface area contributed by atoms with Gasteiger partial charge in [0.25, 0.3) is 0 Å². The van der Waals surface area contributed by atoms with E-state index in [1.807, 2.05) is 19.9 Å². The van der Waals surface area contributed by atoms with Gasteiger partial charge in [-0.1, -0.05) is 6.07 Å². The maximum Gasteiger partial charge on any atom is 0.243 e. The molecule has 5 nitrogen and oxygen atoms in total. The fraction of sp³-hybridized carbons (Fsp3) is 0.600. The highest BCUT2D eigenvalue weighted by Crippen LogP contribution is 2.27. The molecule has 1 heterocycles. The van der Waals surface area contributed by atoms with Crippen LogP contribution in [0.4, 0.5) is 0 Å². The molecule has 1 aliphatic rings. The largest absolute Gasteiger partial charge is 0.392 e. The highest BCUT2D eigenvalue weighted by Gasteiger charge is 2.30. The van der Waals surface area contributed by atoms with Gasteiger partial charge < -0.3 is 9.84 Å². The zero-order chi connectivity index (χ0) is 15.6. The number of hydrogen-bond acceptors (Lipinski definition) is 4. The Labute approximate surface area is 126 Å². The van der Waals surface area contributed by atoms with Gasteiger partial charge in [0.1, 0.15) is 0 Å². The van der Waals surface area contributed by atoms with Gasteiger partial charge in [-0.3, -0.25) is 0 Å². The molecule has 6 heteroatoms. The second kappa shape index (κ2) is 6.44. The van der Waals surface area contributed by atoms with E-state index in [0.29, 0.717) is 36.4 Å². The lowest BCUT2D eigenvalue weighted by Gasteiger charge is -2.31. The molecule has 0 aliphatic carbocycles. The van der Waals surface area contributed by atoms with Crippen molar-refractivity contribution < 1.29 is 18.3 Å². The van der Waals surface area contributed by atoms with E-state index < -0.39 is 10.0 Å². The smallest absolute Gasteiger partial charge is 0.243 e. The van der Waals surface area contributed by atoms with Crippen LogP contribution >= 0.6 is 0 Å². The van der Waals surface area contributed by atoms with E-state index in [0.717, 1.165) is 11.1 Å². The standard InChI is InChI=1S/C15H23NO4S/c1-11-8-13(10-17)9-15(12(11)2)21(18,19)16-6-4-14(20-3)5-7-16/h8-9,14,17H,4-7,10H2,1-3H3. The summed E-state index contributed by atoms with van der Waals surface area (Å²) < 4.78 is 32.5. The monoisotopic (exact) mass is 313 g/mol. The lowest BCUT2D eigenvalue weighted by atomic mass is 10.1.